The molecule has 0 radical (unpaired) electrons. The third-order valence-corrected chi connectivity index (χ3v) is 5.15. The van der Waals surface area contributed by atoms with Gasteiger partial charge in [-0.2, -0.15) is 48.3 Å². The number of nitrogens with zero attached hydrogens (tertiary/aromatic N) is 1. The number of ether oxygens (including phenoxy) is 2. The number of hydrogen-bond donors (Lipinski definition) is 0. The Hall–Kier alpha value is -3.17. The van der Waals surface area contributed by atoms with Crippen molar-refractivity contribution in [1.29, 1.82) is 0 Å². The second kappa shape index (κ2) is 8.18. The van der Waals surface area contributed by atoms with Crippen molar-refractivity contribution < 1.29 is 67.0 Å². The fourth-order valence-corrected chi connectivity index (χ4v) is 3.23. The smallest absolute Gasteiger partial charge is 0.448 e. The Balaban J connectivity index is 2.00. The maximum atomic E-state index is 14.9. The topological polar surface area (TPSA) is 38.8 Å². The summed E-state index contributed by atoms with van der Waals surface area (Å²) in [5, 5.41) is 0. The van der Waals surface area contributed by atoms with E-state index in [1.54, 1.807) is 0 Å². The van der Waals surface area contributed by atoms with Crippen LogP contribution in [-0.2, 0) is 4.79 Å². The number of benzene rings is 2. The van der Waals surface area contributed by atoms with Crippen molar-refractivity contribution in [3.8, 4) is 22.6 Å². The van der Waals surface area contributed by atoms with E-state index in [1.807, 2.05) is 0 Å². The van der Waals surface area contributed by atoms with Crippen LogP contribution in [0.4, 0.5) is 52.7 Å². The standard InChI is InChI=1S/C20H11F12NO3/c1-35-12-6-2-10(3-7-12)11-4-8-13(9-5-11)36-14(34)15(21,18(26,27)28)33-19(29,30)16(22,23)17(24,25)20(33,31)32/h2-9H,1H3/t15-/m0/s1. The van der Waals surface area contributed by atoms with Crippen LogP contribution >= 0.6 is 0 Å². The molecular weight excluding hydrogens is 530 g/mol. The van der Waals surface area contributed by atoms with Gasteiger partial charge >= 0.3 is 41.9 Å². The lowest BCUT2D eigenvalue weighted by atomic mass is 10.1. The van der Waals surface area contributed by atoms with Crippen molar-refractivity contribution in [2.75, 3.05) is 7.11 Å². The number of methoxy groups -OCH3 is 1. The van der Waals surface area contributed by atoms with Crippen molar-refractivity contribution >= 4 is 5.97 Å². The van der Waals surface area contributed by atoms with Gasteiger partial charge in [-0.05, 0) is 35.4 Å². The van der Waals surface area contributed by atoms with Gasteiger partial charge in [-0.3, -0.25) is 0 Å². The van der Waals surface area contributed by atoms with Gasteiger partial charge in [-0.15, -0.1) is 4.90 Å². The average molecular weight is 541 g/mol. The molecule has 198 valence electrons. The molecule has 0 spiro atoms. The van der Waals surface area contributed by atoms with Crippen LogP contribution < -0.4 is 9.47 Å². The molecule has 0 bridgehead atoms. The lowest BCUT2D eigenvalue weighted by Crippen LogP contribution is -2.70. The number of carbonyl (C=O) groups is 1. The molecule has 1 atom stereocenters. The molecule has 0 N–H and O–H groups in total. The van der Waals surface area contributed by atoms with E-state index in [4.69, 9.17) is 4.74 Å². The molecule has 2 aromatic carbocycles. The van der Waals surface area contributed by atoms with E-state index >= 15 is 0 Å². The maximum Gasteiger partial charge on any atom is 0.448 e. The highest BCUT2D eigenvalue weighted by molar-refractivity contribution is 5.83. The summed E-state index contributed by atoms with van der Waals surface area (Å²) in [6.07, 6.45) is -7.17. The largest absolute Gasteiger partial charge is 0.497 e. The number of likely N-dealkylation sites (tertiary alicyclic amines) is 1. The predicted octanol–water partition coefficient (Wildman–Crippen LogP) is 6.27. The first kappa shape index (κ1) is 27.4. The van der Waals surface area contributed by atoms with E-state index in [1.165, 1.54) is 31.4 Å². The van der Waals surface area contributed by atoms with Crippen LogP contribution in [0.1, 0.15) is 0 Å². The monoisotopic (exact) mass is 541 g/mol. The number of alkyl halides is 12. The van der Waals surface area contributed by atoms with Crippen LogP contribution in [0.5, 0.6) is 11.5 Å². The number of halogens is 12. The zero-order valence-corrected chi connectivity index (χ0v) is 17.3. The molecule has 3 rings (SSSR count). The van der Waals surface area contributed by atoms with Gasteiger partial charge in [-0.1, -0.05) is 24.3 Å². The van der Waals surface area contributed by atoms with E-state index in [-0.39, 0.29) is 0 Å². The molecule has 0 aliphatic carbocycles. The van der Waals surface area contributed by atoms with E-state index in [0.717, 1.165) is 12.1 Å². The highest BCUT2D eigenvalue weighted by Crippen LogP contribution is 2.66. The van der Waals surface area contributed by atoms with Crippen molar-refractivity contribution in [2.24, 2.45) is 0 Å². The number of esters is 1. The van der Waals surface area contributed by atoms with E-state index in [2.05, 4.69) is 4.74 Å². The second-order valence-electron chi connectivity index (χ2n) is 7.33. The highest BCUT2D eigenvalue weighted by atomic mass is 19.4. The summed E-state index contributed by atoms with van der Waals surface area (Å²) < 4.78 is 173. The summed E-state index contributed by atoms with van der Waals surface area (Å²) in [6.45, 7) is 0. The van der Waals surface area contributed by atoms with Gasteiger partial charge in [0.2, 0.25) is 0 Å². The maximum absolute atomic E-state index is 14.9. The van der Waals surface area contributed by atoms with Crippen LogP contribution in [-0.4, -0.2) is 53.9 Å². The number of hydrogen-bond acceptors (Lipinski definition) is 4. The predicted molar refractivity (Wildman–Crippen MR) is 95.6 cm³/mol. The van der Waals surface area contributed by atoms with Crippen LogP contribution in [0.2, 0.25) is 0 Å². The molecule has 1 saturated heterocycles. The Bertz CT molecular complexity index is 1110. The van der Waals surface area contributed by atoms with Crippen LogP contribution in [0, 0.1) is 0 Å². The molecule has 1 aliphatic rings. The molecule has 36 heavy (non-hydrogen) atoms. The first-order chi connectivity index (χ1) is 16.3. The van der Waals surface area contributed by atoms with E-state index in [9.17, 15) is 57.5 Å². The first-order valence-electron chi connectivity index (χ1n) is 9.31. The molecule has 1 aliphatic heterocycles. The third kappa shape index (κ3) is 3.64. The Morgan fingerprint density at radius 2 is 1.06 bits per heavy atom. The van der Waals surface area contributed by atoms with Gasteiger partial charge in [-0.25, -0.2) is 9.18 Å². The van der Waals surface area contributed by atoms with Gasteiger partial charge in [0.25, 0.3) is 0 Å². The Morgan fingerprint density at radius 1 is 0.694 bits per heavy atom. The normalized spacial score (nSPS) is 22.0. The van der Waals surface area contributed by atoms with E-state index in [0.29, 0.717) is 29.0 Å². The molecule has 0 amide bonds. The summed E-state index contributed by atoms with van der Waals surface area (Å²) in [5.41, 5.74) is 0.765. The molecule has 0 unspecified atom stereocenters. The molecule has 16 heteroatoms. The minimum Gasteiger partial charge on any atom is -0.497 e. The highest BCUT2D eigenvalue weighted by Gasteiger charge is 2.98. The Labute approximate surface area is 193 Å². The SMILES string of the molecule is COc1ccc(-c2ccc(OC(=O)[C@](F)(N3C(F)(F)C(F)(F)C(F)(F)C3(F)F)C(F)(F)F)cc2)cc1. The van der Waals surface area contributed by atoms with Gasteiger partial charge in [0.05, 0.1) is 7.11 Å². The van der Waals surface area contributed by atoms with Gasteiger partial charge < -0.3 is 9.47 Å². The fourth-order valence-electron chi connectivity index (χ4n) is 3.23. The Morgan fingerprint density at radius 3 is 1.39 bits per heavy atom. The molecule has 1 heterocycles. The van der Waals surface area contributed by atoms with Gasteiger partial charge in [0.15, 0.2) is 0 Å². The lowest BCUT2D eigenvalue weighted by molar-refractivity contribution is -0.382. The molecule has 0 saturated carbocycles. The minimum atomic E-state index is -7.22. The van der Waals surface area contributed by atoms with Crippen molar-refractivity contribution in [3.05, 3.63) is 48.5 Å². The first-order valence-corrected chi connectivity index (χ1v) is 9.31. The number of rotatable bonds is 5. The third-order valence-electron chi connectivity index (χ3n) is 5.15. The van der Waals surface area contributed by atoms with Gasteiger partial charge in [0, 0.05) is 0 Å². The average Bonchev–Trinajstić information content (AvgIpc) is 2.84. The summed E-state index contributed by atoms with van der Waals surface area (Å²) >= 11 is 0. The van der Waals surface area contributed by atoms with Crippen molar-refractivity contribution in [2.45, 2.75) is 35.9 Å². The van der Waals surface area contributed by atoms with Crippen LogP contribution in [0.3, 0.4) is 0 Å². The summed E-state index contributed by atoms with van der Waals surface area (Å²) in [5.74, 6) is -25.5. The van der Waals surface area contributed by atoms with Crippen molar-refractivity contribution in [3.63, 3.8) is 0 Å². The summed E-state index contributed by atoms with van der Waals surface area (Å²) in [6, 6.07) is -4.89. The van der Waals surface area contributed by atoms with Crippen LogP contribution in [0.15, 0.2) is 48.5 Å². The van der Waals surface area contributed by atoms with Gasteiger partial charge in [0.1, 0.15) is 11.5 Å². The molecule has 1 fully saturated rings. The minimum absolute atomic E-state index is 0.302. The quantitative estimate of drug-likeness (QED) is 0.194. The summed E-state index contributed by atoms with van der Waals surface area (Å²) in [7, 11) is 1.38. The number of carbonyl (C=O) groups excluding carboxylic acids is 1. The second-order valence-corrected chi connectivity index (χ2v) is 7.33. The zero-order chi connectivity index (χ0) is 27.5. The molecule has 2 aromatic rings. The fraction of sp³-hybridized carbons (Fsp3) is 0.350. The van der Waals surface area contributed by atoms with E-state index < -0.39 is 52.5 Å². The molecule has 0 aromatic heterocycles. The van der Waals surface area contributed by atoms with Crippen molar-refractivity contribution in [1.82, 2.24) is 4.90 Å². The molecule has 4 nitrogen and oxygen atoms in total. The lowest BCUT2D eigenvalue weighted by Gasteiger charge is -2.38. The van der Waals surface area contributed by atoms with Crippen LogP contribution in [0.25, 0.3) is 11.1 Å². The Kier molecular flexibility index (Phi) is 6.23. The summed E-state index contributed by atoms with van der Waals surface area (Å²) in [4.78, 5) is 8.46. The molecular formula is C20H11F12NO3. The zero-order valence-electron chi connectivity index (χ0n) is 17.3.